The van der Waals surface area contributed by atoms with Crippen LogP contribution in [0.5, 0.6) is 0 Å². The summed E-state index contributed by atoms with van der Waals surface area (Å²) in [6, 6.07) is 10.0. The van der Waals surface area contributed by atoms with Gasteiger partial charge in [-0.2, -0.15) is 0 Å². The Morgan fingerprint density at radius 3 is 2.68 bits per heavy atom. The van der Waals surface area contributed by atoms with Gasteiger partial charge in [0.2, 0.25) is 5.91 Å². The topological polar surface area (TPSA) is 59.1 Å². The van der Waals surface area contributed by atoms with Crippen molar-refractivity contribution < 1.29 is 19.1 Å². The summed E-state index contributed by atoms with van der Waals surface area (Å²) in [5, 5.41) is 0. The summed E-state index contributed by atoms with van der Waals surface area (Å²) in [4.78, 5) is 28.9. The van der Waals surface area contributed by atoms with Gasteiger partial charge in [0.15, 0.2) is 0 Å². The molecule has 1 aromatic rings. The van der Waals surface area contributed by atoms with Gasteiger partial charge in [0.1, 0.15) is 12.2 Å². The van der Waals surface area contributed by atoms with E-state index in [1.807, 2.05) is 35.2 Å². The summed E-state index contributed by atoms with van der Waals surface area (Å²) in [5.74, 6) is -0.00103. The quantitative estimate of drug-likeness (QED) is 0.840. The summed E-state index contributed by atoms with van der Waals surface area (Å²) < 4.78 is 11.0. The van der Waals surface area contributed by atoms with Crippen molar-refractivity contribution in [2.75, 3.05) is 20.3 Å². The molecular formula is C19H24N2O4. The molecule has 6 nitrogen and oxygen atoms in total. The highest BCUT2D eigenvalue weighted by atomic mass is 16.6. The Morgan fingerprint density at radius 1 is 1.28 bits per heavy atom. The van der Waals surface area contributed by atoms with Crippen LogP contribution in [0, 0.1) is 0 Å². The number of fused-ring (bicyclic) bond motifs is 2. The van der Waals surface area contributed by atoms with E-state index in [9.17, 15) is 9.59 Å². The third-order valence-electron chi connectivity index (χ3n) is 5.85. The number of ether oxygens (including phenoxy) is 2. The maximum absolute atomic E-state index is 12.6. The number of carbonyl (C=O) groups is 2. The van der Waals surface area contributed by atoms with Crippen LogP contribution in [-0.4, -0.2) is 59.7 Å². The lowest BCUT2D eigenvalue weighted by molar-refractivity contribution is -0.190. The molecule has 3 saturated heterocycles. The first-order valence-electron chi connectivity index (χ1n) is 8.95. The van der Waals surface area contributed by atoms with Crippen molar-refractivity contribution in [3.63, 3.8) is 0 Å². The maximum atomic E-state index is 12.6. The van der Waals surface area contributed by atoms with Gasteiger partial charge < -0.3 is 19.3 Å². The minimum Gasteiger partial charge on any atom is -0.441 e. The molecule has 4 fully saturated rings. The SMILES string of the molecule is COCC(=O)N1C2CCC3(CC2)OC(=O)N(Cc2ccccc2)CC13. The molecule has 5 rings (SSSR count). The largest absolute Gasteiger partial charge is 0.441 e. The van der Waals surface area contributed by atoms with E-state index in [0.29, 0.717) is 13.1 Å². The number of hydrogen-bond donors (Lipinski definition) is 0. The number of hydrogen-bond acceptors (Lipinski definition) is 4. The Kier molecular flexibility index (Phi) is 4.15. The molecule has 1 spiro atoms. The van der Waals surface area contributed by atoms with Crippen LogP contribution in [0.4, 0.5) is 4.79 Å². The molecule has 0 aromatic heterocycles. The molecule has 0 radical (unpaired) electrons. The second kappa shape index (κ2) is 6.33. The molecule has 1 saturated carbocycles. The van der Waals surface area contributed by atoms with E-state index in [1.54, 1.807) is 12.0 Å². The molecule has 0 N–H and O–H groups in total. The van der Waals surface area contributed by atoms with Gasteiger partial charge in [-0.25, -0.2) is 4.79 Å². The third-order valence-corrected chi connectivity index (χ3v) is 5.85. The molecule has 1 unspecified atom stereocenters. The lowest BCUT2D eigenvalue weighted by Crippen LogP contribution is -2.73. The van der Waals surface area contributed by atoms with Crippen LogP contribution in [0.15, 0.2) is 30.3 Å². The van der Waals surface area contributed by atoms with Gasteiger partial charge in [-0.05, 0) is 31.2 Å². The molecule has 2 amide bonds. The third kappa shape index (κ3) is 2.78. The minimum atomic E-state index is -0.511. The number of methoxy groups -OCH3 is 1. The molecule has 6 heteroatoms. The second-order valence-corrected chi connectivity index (χ2v) is 7.28. The summed E-state index contributed by atoms with van der Waals surface area (Å²) in [5.41, 5.74) is 0.550. The monoisotopic (exact) mass is 344 g/mol. The zero-order valence-electron chi connectivity index (χ0n) is 14.5. The summed E-state index contributed by atoms with van der Waals surface area (Å²) >= 11 is 0. The van der Waals surface area contributed by atoms with E-state index in [-0.39, 0.29) is 30.7 Å². The number of amides is 2. The predicted octanol–water partition coefficient (Wildman–Crippen LogP) is 2.18. The zero-order chi connectivity index (χ0) is 17.4. The molecule has 1 aromatic carbocycles. The fourth-order valence-electron chi connectivity index (χ4n) is 4.67. The fraction of sp³-hybridized carbons (Fsp3) is 0.579. The number of benzene rings is 1. The Bertz CT molecular complexity index is 655. The van der Waals surface area contributed by atoms with E-state index in [0.717, 1.165) is 31.2 Å². The average Bonchev–Trinajstić information content (AvgIpc) is 2.62. The Balaban J connectivity index is 1.58. The summed E-state index contributed by atoms with van der Waals surface area (Å²) in [6.45, 7) is 1.11. The van der Waals surface area contributed by atoms with Crippen molar-refractivity contribution in [2.24, 2.45) is 0 Å². The van der Waals surface area contributed by atoms with E-state index in [4.69, 9.17) is 9.47 Å². The van der Waals surface area contributed by atoms with E-state index >= 15 is 0 Å². The number of rotatable bonds is 4. The highest BCUT2D eigenvalue weighted by molar-refractivity contribution is 5.79. The molecule has 2 bridgehead atoms. The highest BCUT2D eigenvalue weighted by Crippen LogP contribution is 2.47. The first-order chi connectivity index (χ1) is 12.1. The van der Waals surface area contributed by atoms with Crippen molar-refractivity contribution in [1.29, 1.82) is 0 Å². The van der Waals surface area contributed by atoms with Crippen molar-refractivity contribution in [3.05, 3.63) is 35.9 Å². The van der Waals surface area contributed by atoms with Gasteiger partial charge >= 0.3 is 6.09 Å². The molecule has 3 heterocycles. The van der Waals surface area contributed by atoms with Gasteiger partial charge in [0.05, 0.1) is 6.04 Å². The van der Waals surface area contributed by atoms with Gasteiger partial charge in [0, 0.05) is 26.2 Å². The molecule has 3 aliphatic heterocycles. The van der Waals surface area contributed by atoms with Crippen molar-refractivity contribution in [3.8, 4) is 0 Å². The van der Waals surface area contributed by atoms with Crippen LogP contribution in [0.25, 0.3) is 0 Å². The molecule has 1 atom stereocenters. The Labute approximate surface area is 147 Å². The number of nitrogens with zero attached hydrogens (tertiary/aromatic N) is 2. The van der Waals surface area contributed by atoms with Gasteiger partial charge in [-0.1, -0.05) is 30.3 Å². The van der Waals surface area contributed by atoms with Crippen LogP contribution in [0.3, 0.4) is 0 Å². The van der Waals surface area contributed by atoms with Crippen LogP contribution in [0.2, 0.25) is 0 Å². The Hall–Kier alpha value is -2.08. The second-order valence-electron chi connectivity index (χ2n) is 7.28. The summed E-state index contributed by atoms with van der Waals surface area (Å²) in [7, 11) is 1.54. The predicted molar refractivity (Wildman–Crippen MR) is 90.8 cm³/mol. The van der Waals surface area contributed by atoms with Gasteiger partial charge in [-0.3, -0.25) is 4.79 Å². The van der Waals surface area contributed by atoms with Gasteiger partial charge in [0.25, 0.3) is 0 Å². The number of piperidine rings is 2. The molecular weight excluding hydrogens is 320 g/mol. The van der Waals surface area contributed by atoms with E-state index in [1.165, 1.54) is 0 Å². The maximum Gasteiger partial charge on any atom is 0.410 e. The van der Waals surface area contributed by atoms with E-state index < -0.39 is 5.60 Å². The molecule has 4 aliphatic rings. The lowest BCUT2D eigenvalue weighted by Gasteiger charge is -2.60. The average molecular weight is 344 g/mol. The number of carbonyl (C=O) groups excluding carboxylic acids is 2. The van der Waals surface area contributed by atoms with E-state index in [2.05, 4.69) is 0 Å². The first-order valence-corrected chi connectivity index (χ1v) is 8.95. The van der Waals surface area contributed by atoms with Crippen LogP contribution in [0.1, 0.15) is 31.2 Å². The normalized spacial score (nSPS) is 30.8. The Morgan fingerprint density at radius 2 is 2.00 bits per heavy atom. The zero-order valence-corrected chi connectivity index (χ0v) is 14.5. The molecule has 1 aliphatic carbocycles. The van der Waals surface area contributed by atoms with Crippen LogP contribution >= 0.6 is 0 Å². The van der Waals surface area contributed by atoms with Crippen molar-refractivity contribution in [1.82, 2.24) is 9.80 Å². The standard InChI is InChI=1S/C19H24N2O4/c1-24-13-17(22)21-15-7-9-19(10-8-15)16(21)12-20(18(23)25-19)11-14-5-3-2-4-6-14/h2-6,15-16H,7-13H2,1H3. The van der Waals surface area contributed by atoms with Crippen molar-refractivity contribution >= 4 is 12.0 Å². The smallest absolute Gasteiger partial charge is 0.410 e. The molecule has 25 heavy (non-hydrogen) atoms. The molecule has 134 valence electrons. The first kappa shape index (κ1) is 16.4. The fourth-order valence-corrected chi connectivity index (χ4v) is 4.67. The minimum absolute atomic E-state index is 0.00103. The summed E-state index contributed by atoms with van der Waals surface area (Å²) in [6.07, 6.45) is 3.24. The van der Waals surface area contributed by atoms with Crippen LogP contribution in [-0.2, 0) is 20.8 Å². The lowest BCUT2D eigenvalue weighted by atomic mass is 9.70. The highest BCUT2D eigenvalue weighted by Gasteiger charge is 2.59. The van der Waals surface area contributed by atoms with Crippen LogP contribution < -0.4 is 0 Å². The van der Waals surface area contributed by atoms with Gasteiger partial charge in [-0.15, -0.1) is 0 Å². The van der Waals surface area contributed by atoms with Crippen molar-refractivity contribution in [2.45, 2.75) is 49.9 Å².